The van der Waals surface area contributed by atoms with Crippen molar-refractivity contribution in [3.63, 3.8) is 0 Å². The first kappa shape index (κ1) is 16.3. The Morgan fingerprint density at radius 2 is 1.81 bits per heavy atom. The molecule has 0 aliphatic heterocycles. The van der Waals surface area contributed by atoms with Crippen molar-refractivity contribution in [3.05, 3.63) is 77.0 Å². The number of hydrogen-bond donors (Lipinski definition) is 1. The van der Waals surface area contributed by atoms with Crippen molar-refractivity contribution in [1.82, 2.24) is 10.2 Å². The Balaban J connectivity index is 1.56. The number of benzene rings is 2. The normalized spacial score (nSPS) is 10.7. The van der Waals surface area contributed by atoms with Gasteiger partial charge in [0.1, 0.15) is 0 Å². The van der Waals surface area contributed by atoms with E-state index in [2.05, 4.69) is 31.4 Å². The summed E-state index contributed by atoms with van der Waals surface area (Å²) >= 11 is 3.36. The third-order valence-electron chi connectivity index (χ3n) is 3.61. The van der Waals surface area contributed by atoms with E-state index in [9.17, 15) is 4.79 Å². The molecule has 2 heterocycles. The highest BCUT2D eigenvalue weighted by Crippen LogP contribution is 2.26. The number of aromatic nitrogens is 2. The molecule has 0 saturated heterocycles. The van der Waals surface area contributed by atoms with Gasteiger partial charge in [-0.1, -0.05) is 28.1 Å². The zero-order valence-corrected chi connectivity index (χ0v) is 14.9. The first-order chi connectivity index (χ1) is 12.7. The number of carbonyl (C=O) groups excluding carboxylic acids is 1. The summed E-state index contributed by atoms with van der Waals surface area (Å²) in [7, 11) is 0. The molecule has 1 N–H and O–H groups in total. The lowest BCUT2D eigenvalue weighted by molar-refractivity contribution is 0.102. The van der Waals surface area contributed by atoms with Crippen molar-refractivity contribution in [2.24, 2.45) is 0 Å². The molecule has 128 valence electrons. The smallest absolute Gasteiger partial charge is 0.283 e. The second-order valence-electron chi connectivity index (χ2n) is 5.43. The van der Waals surface area contributed by atoms with Gasteiger partial charge in [0.2, 0.25) is 5.89 Å². The number of furan rings is 1. The predicted molar refractivity (Wildman–Crippen MR) is 99.5 cm³/mol. The lowest BCUT2D eigenvalue weighted by atomic mass is 10.1. The summed E-state index contributed by atoms with van der Waals surface area (Å²) in [5.41, 5.74) is 1.88. The minimum atomic E-state index is -0.203. The van der Waals surface area contributed by atoms with Gasteiger partial charge in [-0.05, 0) is 48.5 Å². The fourth-order valence-electron chi connectivity index (χ4n) is 2.40. The van der Waals surface area contributed by atoms with Crippen LogP contribution in [0.25, 0.3) is 23.1 Å². The highest BCUT2D eigenvalue weighted by Gasteiger charge is 2.13. The summed E-state index contributed by atoms with van der Waals surface area (Å²) in [4.78, 5) is 12.4. The summed E-state index contributed by atoms with van der Waals surface area (Å²) in [6.07, 6.45) is 1.54. The lowest BCUT2D eigenvalue weighted by Crippen LogP contribution is -2.11. The molecular weight excluding hydrogens is 398 g/mol. The highest BCUT2D eigenvalue weighted by molar-refractivity contribution is 9.10. The summed E-state index contributed by atoms with van der Waals surface area (Å²) in [5, 5.41) is 10.9. The van der Waals surface area contributed by atoms with Crippen molar-refractivity contribution in [2.45, 2.75) is 0 Å². The largest absolute Gasteiger partial charge is 0.459 e. The second-order valence-corrected chi connectivity index (χ2v) is 6.35. The number of rotatable bonds is 4. The van der Waals surface area contributed by atoms with Crippen LogP contribution in [0.4, 0.5) is 5.69 Å². The lowest BCUT2D eigenvalue weighted by Gasteiger charge is -2.06. The zero-order chi connectivity index (χ0) is 17.9. The molecule has 4 aromatic rings. The third-order valence-corrected chi connectivity index (χ3v) is 4.10. The van der Waals surface area contributed by atoms with Crippen LogP contribution in [-0.2, 0) is 0 Å². The Hall–Kier alpha value is -3.19. The van der Waals surface area contributed by atoms with Gasteiger partial charge >= 0.3 is 0 Å². The quantitative estimate of drug-likeness (QED) is 0.512. The molecule has 26 heavy (non-hydrogen) atoms. The van der Waals surface area contributed by atoms with Crippen molar-refractivity contribution < 1.29 is 13.6 Å². The van der Waals surface area contributed by atoms with Crippen molar-refractivity contribution >= 4 is 27.5 Å². The first-order valence-electron chi connectivity index (χ1n) is 7.74. The van der Waals surface area contributed by atoms with Gasteiger partial charge in [-0.15, -0.1) is 10.2 Å². The van der Waals surface area contributed by atoms with E-state index in [-0.39, 0.29) is 5.91 Å². The van der Waals surface area contributed by atoms with Gasteiger partial charge in [0, 0.05) is 21.3 Å². The van der Waals surface area contributed by atoms with Crippen molar-refractivity contribution in [3.8, 4) is 23.1 Å². The molecule has 7 heteroatoms. The Bertz CT molecular complexity index is 1060. The van der Waals surface area contributed by atoms with Crippen LogP contribution in [0.5, 0.6) is 0 Å². The summed E-state index contributed by atoms with van der Waals surface area (Å²) in [5.74, 6) is 0.941. The number of halogens is 1. The van der Waals surface area contributed by atoms with Gasteiger partial charge < -0.3 is 14.2 Å². The molecule has 4 rings (SSSR count). The van der Waals surface area contributed by atoms with Crippen LogP contribution in [0.1, 0.15) is 10.4 Å². The van der Waals surface area contributed by atoms with Crippen LogP contribution in [0.15, 0.2) is 80.2 Å². The minimum Gasteiger partial charge on any atom is -0.459 e. The predicted octanol–water partition coefficient (Wildman–Crippen LogP) is 5.01. The van der Waals surface area contributed by atoms with Crippen LogP contribution in [-0.4, -0.2) is 16.1 Å². The first-order valence-corrected chi connectivity index (χ1v) is 8.53. The maximum atomic E-state index is 12.4. The zero-order valence-electron chi connectivity index (χ0n) is 13.3. The van der Waals surface area contributed by atoms with Gasteiger partial charge in [-0.2, -0.15) is 0 Å². The van der Waals surface area contributed by atoms with Crippen LogP contribution in [0.3, 0.4) is 0 Å². The van der Waals surface area contributed by atoms with Gasteiger partial charge in [0.15, 0.2) is 5.76 Å². The molecule has 1 amide bonds. The van der Waals surface area contributed by atoms with Crippen LogP contribution < -0.4 is 5.32 Å². The summed E-state index contributed by atoms with van der Waals surface area (Å²) < 4.78 is 11.7. The van der Waals surface area contributed by atoms with E-state index in [1.165, 1.54) is 6.26 Å². The van der Waals surface area contributed by atoms with E-state index in [0.717, 1.165) is 4.47 Å². The molecule has 0 fully saturated rings. The van der Waals surface area contributed by atoms with Gasteiger partial charge in [0.25, 0.3) is 11.8 Å². The molecule has 0 saturated carbocycles. The van der Waals surface area contributed by atoms with Crippen LogP contribution in [0.2, 0.25) is 0 Å². The average molecular weight is 410 g/mol. The van der Waals surface area contributed by atoms with Crippen LogP contribution >= 0.6 is 15.9 Å². The standard InChI is InChI=1S/C19H12BrN3O3/c20-14-6-1-4-12(10-14)17(24)21-15-7-2-5-13(11-15)18-22-23-19(26-18)16-8-3-9-25-16/h1-11H,(H,21,24). The molecule has 0 aliphatic rings. The number of amides is 1. The van der Waals surface area contributed by atoms with Gasteiger partial charge in [0.05, 0.1) is 6.26 Å². The molecule has 2 aromatic carbocycles. The maximum Gasteiger partial charge on any atom is 0.283 e. The third kappa shape index (κ3) is 3.43. The number of anilines is 1. The Morgan fingerprint density at radius 1 is 0.962 bits per heavy atom. The fourth-order valence-corrected chi connectivity index (χ4v) is 2.80. The monoisotopic (exact) mass is 409 g/mol. The van der Waals surface area contributed by atoms with E-state index in [4.69, 9.17) is 8.83 Å². The number of nitrogens with one attached hydrogen (secondary N) is 1. The van der Waals surface area contributed by atoms with Gasteiger partial charge in [-0.25, -0.2) is 0 Å². The molecular formula is C19H12BrN3O3. The van der Waals surface area contributed by atoms with E-state index >= 15 is 0 Å². The molecule has 0 bridgehead atoms. The molecule has 0 spiro atoms. The Labute approximate surface area is 157 Å². The number of nitrogens with zero attached hydrogens (tertiary/aromatic N) is 2. The molecule has 6 nitrogen and oxygen atoms in total. The molecule has 2 aromatic heterocycles. The van der Waals surface area contributed by atoms with E-state index in [1.54, 1.807) is 36.4 Å². The molecule has 0 aliphatic carbocycles. The number of carbonyl (C=O) groups is 1. The Kier molecular flexibility index (Phi) is 4.37. The van der Waals surface area contributed by atoms with Crippen molar-refractivity contribution in [2.75, 3.05) is 5.32 Å². The molecule has 0 radical (unpaired) electrons. The van der Waals surface area contributed by atoms with E-state index in [0.29, 0.717) is 34.4 Å². The van der Waals surface area contributed by atoms with E-state index < -0.39 is 0 Å². The highest BCUT2D eigenvalue weighted by atomic mass is 79.9. The number of hydrogen-bond acceptors (Lipinski definition) is 5. The Morgan fingerprint density at radius 3 is 2.62 bits per heavy atom. The van der Waals surface area contributed by atoms with Gasteiger partial charge in [-0.3, -0.25) is 4.79 Å². The van der Waals surface area contributed by atoms with Crippen molar-refractivity contribution in [1.29, 1.82) is 0 Å². The maximum absolute atomic E-state index is 12.4. The van der Waals surface area contributed by atoms with E-state index in [1.807, 2.05) is 24.3 Å². The summed E-state index contributed by atoms with van der Waals surface area (Å²) in [6.45, 7) is 0. The summed E-state index contributed by atoms with van der Waals surface area (Å²) in [6, 6.07) is 17.9. The second kappa shape index (κ2) is 6.97. The average Bonchev–Trinajstić information content (AvgIpc) is 3.33. The molecule has 0 atom stereocenters. The SMILES string of the molecule is O=C(Nc1cccc(-c2nnc(-c3ccco3)o2)c1)c1cccc(Br)c1. The fraction of sp³-hybridized carbons (Fsp3) is 0. The molecule has 0 unspecified atom stereocenters. The topological polar surface area (TPSA) is 81.2 Å². The minimum absolute atomic E-state index is 0.203. The van der Waals surface area contributed by atoms with Crippen LogP contribution in [0, 0.1) is 0 Å².